The van der Waals surface area contributed by atoms with E-state index in [1.54, 1.807) is 14.2 Å². The van der Waals surface area contributed by atoms with Gasteiger partial charge in [-0.3, -0.25) is 4.79 Å². The summed E-state index contributed by atoms with van der Waals surface area (Å²) in [5.41, 5.74) is 2.49. The van der Waals surface area contributed by atoms with Crippen LogP contribution in [0.15, 0.2) is 84.9 Å². The van der Waals surface area contributed by atoms with Crippen LogP contribution in [-0.2, 0) is 10.3 Å². The molecule has 0 aliphatic carbocycles. The van der Waals surface area contributed by atoms with Crippen molar-refractivity contribution in [1.82, 2.24) is 5.32 Å². The van der Waals surface area contributed by atoms with Crippen molar-refractivity contribution >= 4 is 11.5 Å². The zero-order valence-corrected chi connectivity index (χ0v) is 15.8. The van der Waals surface area contributed by atoms with E-state index < -0.39 is 5.54 Å². The fourth-order valence-electron chi connectivity index (χ4n) is 3.68. The fourth-order valence-corrected chi connectivity index (χ4v) is 3.68. The first-order valence-electron chi connectivity index (χ1n) is 9.07. The Kier molecular flexibility index (Phi) is 4.62. The van der Waals surface area contributed by atoms with E-state index in [4.69, 9.17) is 9.47 Å². The standard InChI is InChI=1S/C24H21NO3/c1-27-19-13-14-21(22(15-19)28-2)24(18-11-7-4-8-12-18)16-20(23(26)25-24)17-9-5-3-6-10-17/h3-16H,1-2H3,(H,25,26). The normalized spacial score (nSPS) is 18.4. The summed E-state index contributed by atoms with van der Waals surface area (Å²) in [4.78, 5) is 13.0. The lowest BCUT2D eigenvalue weighted by Crippen LogP contribution is -2.40. The van der Waals surface area contributed by atoms with Crippen molar-refractivity contribution in [2.45, 2.75) is 5.54 Å². The summed E-state index contributed by atoms with van der Waals surface area (Å²) in [7, 11) is 3.24. The third kappa shape index (κ3) is 2.93. The number of benzene rings is 3. The molecule has 1 aliphatic heterocycles. The van der Waals surface area contributed by atoms with Crippen LogP contribution in [-0.4, -0.2) is 20.1 Å². The highest BCUT2D eigenvalue weighted by Gasteiger charge is 2.42. The average molecular weight is 371 g/mol. The van der Waals surface area contributed by atoms with E-state index in [1.807, 2.05) is 84.9 Å². The minimum absolute atomic E-state index is 0.118. The first-order valence-corrected chi connectivity index (χ1v) is 9.07. The summed E-state index contributed by atoms with van der Waals surface area (Å²) in [5.74, 6) is 1.22. The maximum Gasteiger partial charge on any atom is 0.252 e. The molecule has 4 heteroatoms. The summed E-state index contributed by atoms with van der Waals surface area (Å²) >= 11 is 0. The molecule has 0 bridgehead atoms. The molecule has 0 saturated carbocycles. The third-order valence-electron chi connectivity index (χ3n) is 5.06. The van der Waals surface area contributed by atoms with Crippen LogP contribution in [0.25, 0.3) is 5.57 Å². The molecule has 1 N–H and O–H groups in total. The molecule has 1 unspecified atom stereocenters. The molecule has 0 spiro atoms. The highest BCUT2D eigenvalue weighted by atomic mass is 16.5. The Balaban J connectivity index is 1.96. The summed E-state index contributed by atoms with van der Waals surface area (Å²) in [6.07, 6.45) is 1.99. The van der Waals surface area contributed by atoms with Gasteiger partial charge in [0.2, 0.25) is 0 Å². The van der Waals surface area contributed by atoms with Gasteiger partial charge < -0.3 is 14.8 Å². The van der Waals surface area contributed by atoms with Crippen molar-refractivity contribution in [1.29, 1.82) is 0 Å². The molecular formula is C24H21NO3. The molecule has 3 aromatic rings. The van der Waals surface area contributed by atoms with Gasteiger partial charge in [0.05, 0.1) is 14.2 Å². The van der Waals surface area contributed by atoms with Gasteiger partial charge in [0.15, 0.2) is 0 Å². The van der Waals surface area contributed by atoms with Gasteiger partial charge in [-0.1, -0.05) is 60.7 Å². The van der Waals surface area contributed by atoms with E-state index in [0.717, 1.165) is 16.7 Å². The lowest BCUT2D eigenvalue weighted by molar-refractivity contribution is -0.115. The van der Waals surface area contributed by atoms with E-state index in [-0.39, 0.29) is 5.91 Å². The van der Waals surface area contributed by atoms with E-state index in [2.05, 4.69) is 5.32 Å². The zero-order chi connectivity index (χ0) is 19.6. The lowest BCUT2D eigenvalue weighted by atomic mass is 9.82. The highest BCUT2D eigenvalue weighted by molar-refractivity contribution is 6.22. The molecule has 140 valence electrons. The molecule has 1 atom stereocenters. The van der Waals surface area contributed by atoms with Crippen molar-refractivity contribution in [3.8, 4) is 11.5 Å². The predicted octanol–water partition coefficient (Wildman–Crippen LogP) is 4.16. The largest absolute Gasteiger partial charge is 0.497 e. The van der Waals surface area contributed by atoms with Crippen LogP contribution < -0.4 is 14.8 Å². The number of carbonyl (C=O) groups is 1. The van der Waals surface area contributed by atoms with Gasteiger partial charge in [-0.25, -0.2) is 0 Å². The van der Waals surface area contributed by atoms with Crippen LogP contribution in [0.4, 0.5) is 0 Å². The van der Waals surface area contributed by atoms with Crippen LogP contribution >= 0.6 is 0 Å². The molecular weight excluding hydrogens is 350 g/mol. The SMILES string of the molecule is COc1ccc(C2(c3ccccc3)C=C(c3ccccc3)C(=O)N2)c(OC)c1. The summed E-state index contributed by atoms with van der Waals surface area (Å²) < 4.78 is 11.0. The molecule has 0 fully saturated rings. The van der Waals surface area contributed by atoms with Crippen LogP contribution in [0, 0.1) is 0 Å². The summed E-state index contributed by atoms with van der Waals surface area (Å²) in [6.45, 7) is 0. The Hall–Kier alpha value is -3.53. The Morgan fingerprint density at radius 3 is 2.14 bits per heavy atom. The van der Waals surface area contributed by atoms with Crippen molar-refractivity contribution < 1.29 is 14.3 Å². The fraction of sp³-hybridized carbons (Fsp3) is 0.125. The average Bonchev–Trinajstić information content (AvgIpc) is 3.12. The second-order valence-corrected chi connectivity index (χ2v) is 6.62. The minimum atomic E-state index is -0.832. The number of methoxy groups -OCH3 is 2. The molecule has 4 rings (SSSR count). The quantitative estimate of drug-likeness (QED) is 0.733. The summed E-state index contributed by atoms with van der Waals surface area (Å²) in [6, 6.07) is 25.2. The molecule has 3 aromatic carbocycles. The number of carbonyl (C=O) groups excluding carboxylic acids is 1. The van der Waals surface area contributed by atoms with Crippen LogP contribution in [0.3, 0.4) is 0 Å². The van der Waals surface area contributed by atoms with E-state index >= 15 is 0 Å². The molecule has 0 saturated heterocycles. The van der Waals surface area contributed by atoms with Crippen molar-refractivity contribution in [3.05, 3.63) is 102 Å². The van der Waals surface area contributed by atoms with Crippen molar-refractivity contribution in [3.63, 3.8) is 0 Å². The molecule has 1 aliphatic rings. The number of amides is 1. The molecule has 1 amide bonds. The van der Waals surface area contributed by atoms with E-state index in [0.29, 0.717) is 17.1 Å². The van der Waals surface area contributed by atoms with Crippen LogP contribution in [0.1, 0.15) is 16.7 Å². The minimum Gasteiger partial charge on any atom is -0.497 e. The monoisotopic (exact) mass is 371 g/mol. The van der Waals surface area contributed by atoms with E-state index in [9.17, 15) is 4.79 Å². The maximum absolute atomic E-state index is 13.0. The Labute approximate surface area is 164 Å². The Morgan fingerprint density at radius 1 is 0.821 bits per heavy atom. The van der Waals surface area contributed by atoms with Gasteiger partial charge >= 0.3 is 0 Å². The topological polar surface area (TPSA) is 47.6 Å². The number of ether oxygens (including phenoxy) is 2. The van der Waals surface area contributed by atoms with Crippen LogP contribution in [0.5, 0.6) is 11.5 Å². The number of nitrogens with one attached hydrogen (secondary N) is 1. The number of hydrogen-bond donors (Lipinski definition) is 1. The molecule has 4 nitrogen and oxygen atoms in total. The molecule has 28 heavy (non-hydrogen) atoms. The van der Waals surface area contributed by atoms with Gasteiger partial charge in [-0.15, -0.1) is 0 Å². The number of rotatable bonds is 5. The first-order chi connectivity index (χ1) is 13.7. The second-order valence-electron chi connectivity index (χ2n) is 6.62. The third-order valence-corrected chi connectivity index (χ3v) is 5.06. The maximum atomic E-state index is 13.0. The Morgan fingerprint density at radius 2 is 1.50 bits per heavy atom. The van der Waals surface area contributed by atoms with Gasteiger partial charge in [0.25, 0.3) is 5.91 Å². The molecule has 0 radical (unpaired) electrons. The summed E-state index contributed by atoms with van der Waals surface area (Å²) in [5, 5.41) is 3.21. The zero-order valence-electron chi connectivity index (χ0n) is 15.8. The molecule has 0 aromatic heterocycles. The van der Waals surface area contributed by atoms with Gasteiger partial charge in [-0.05, 0) is 29.3 Å². The predicted molar refractivity (Wildman–Crippen MR) is 109 cm³/mol. The Bertz CT molecular complexity index is 1030. The first kappa shape index (κ1) is 17.9. The number of hydrogen-bond acceptors (Lipinski definition) is 3. The highest BCUT2D eigenvalue weighted by Crippen LogP contribution is 2.43. The second kappa shape index (κ2) is 7.24. The van der Waals surface area contributed by atoms with Crippen molar-refractivity contribution in [2.75, 3.05) is 14.2 Å². The van der Waals surface area contributed by atoms with Crippen molar-refractivity contribution in [2.24, 2.45) is 0 Å². The molecule has 1 heterocycles. The van der Waals surface area contributed by atoms with Gasteiger partial charge in [0, 0.05) is 17.2 Å². The van der Waals surface area contributed by atoms with Gasteiger partial charge in [0.1, 0.15) is 17.0 Å². The smallest absolute Gasteiger partial charge is 0.252 e. The lowest BCUT2D eigenvalue weighted by Gasteiger charge is -2.30. The van der Waals surface area contributed by atoms with Crippen LogP contribution in [0.2, 0.25) is 0 Å². The van der Waals surface area contributed by atoms with E-state index in [1.165, 1.54) is 0 Å². The van der Waals surface area contributed by atoms with Gasteiger partial charge in [-0.2, -0.15) is 0 Å².